The molecule has 0 unspecified atom stereocenters. The van der Waals surface area contributed by atoms with E-state index in [1.165, 1.54) is 0 Å². The van der Waals surface area contributed by atoms with Gasteiger partial charge in [-0.2, -0.15) is 0 Å². The summed E-state index contributed by atoms with van der Waals surface area (Å²) < 4.78 is 5.34. The predicted octanol–water partition coefficient (Wildman–Crippen LogP) is 2.37. The lowest BCUT2D eigenvalue weighted by atomic mass is 9.96. The molecule has 24 heavy (non-hydrogen) atoms. The number of carbonyl (C=O) groups is 2. The van der Waals surface area contributed by atoms with Gasteiger partial charge in [-0.25, -0.2) is 0 Å². The summed E-state index contributed by atoms with van der Waals surface area (Å²) in [5.74, 6) is 0.405. The second-order valence-corrected chi connectivity index (χ2v) is 6.08. The molecule has 1 aliphatic heterocycles. The molecule has 2 aromatic rings. The van der Waals surface area contributed by atoms with E-state index in [-0.39, 0.29) is 24.3 Å². The Morgan fingerprint density at radius 1 is 1.21 bits per heavy atom. The van der Waals surface area contributed by atoms with Crippen molar-refractivity contribution in [2.75, 3.05) is 26.0 Å². The molecule has 5 heteroatoms. The van der Waals surface area contributed by atoms with Crippen molar-refractivity contribution in [2.45, 2.75) is 12.5 Å². The Bertz CT molecular complexity index is 756. The first kappa shape index (κ1) is 16.2. The molecular formula is C19H20N2O3. The fourth-order valence-electron chi connectivity index (χ4n) is 2.78. The van der Waals surface area contributed by atoms with Gasteiger partial charge in [0.25, 0.3) is 5.91 Å². The normalized spacial score (nSPS) is 14.5. The van der Waals surface area contributed by atoms with Crippen LogP contribution in [0.25, 0.3) is 0 Å². The molecule has 0 fully saturated rings. The van der Waals surface area contributed by atoms with Gasteiger partial charge >= 0.3 is 0 Å². The summed E-state index contributed by atoms with van der Waals surface area (Å²) >= 11 is 0. The van der Waals surface area contributed by atoms with Crippen LogP contribution in [0, 0.1) is 0 Å². The molecule has 1 amide bonds. The van der Waals surface area contributed by atoms with Crippen molar-refractivity contribution >= 4 is 17.4 Å². The maximum atomic E-state index is 13.0. The zero-order chi connectivity index (χ0) is 17.1. The third-order valence-corrected chi connectivity index (χ3v) is 4.09. The van der Waals surface area contributed by atoms with Crippen molar-refractivity contribution in [3.63, 3.8) is 0 Å². The van der Waals surface area contributed by atoms with E-state index in [0.29, 0.717) is 23.4 Å². The van der Waals surface area contributed by atoms with Crippen LogP contribution in [0.4, 0.5) is 5.69 Å². The second-order valence-electron chi connectivity index (χ2n) is 6.08. The van der Waals surface area contributed by atoms with Gasteiger partial charge in [0.05, 0.1) is 11.7 Å². The average Bonchev–Trinajstić information content (AvgIpc) is 2.59. The van der Waals surface area contributed by atoms with Crippen LogP contribution in [0.2, 0.25) is 0 Å². The van der Waals surface area contributed by atoms with E-state index in [9.17, 15) is 9.59 Å². The van der Waals surface area contributed by atoms with Crippen LogP contribution < -0.4 is 10.1 Å². The molecule has 0 bridgehead atoms. The molecule has 1 heterocycles. The predicted molar refractivity (Wildman–Crippen MR) is 92.5 cm³/mol. The SMILES string of the molecule is CN(C)[C@H](Cc1ccccc1)C(=O)c1ccc2c(c1)NC(=O)CO2. The Morgan fingerprint density at radius 3 is 2.67 bits per heavy atom. The van der Waals surface area contributed by atoms with Crippen LogP contribution >= 0.6 is 0 Å². The van der Waals surface area contributed by atoms with Crippen molar-refractivity contribution in [3.05, 3.63) is 59.7 Å². The van der Waals surface area contributed by atoms with Gasteiger partial charge in [0.2, 0.25) is 0 Å². The summed E-state index contributed by atoms with van der Waals surface area (Å²) in [5.41, 5.74) is 2.22. The number of rotatable bonds is 5. The highest BCUT2D eigenvalue weighted by Gasteiger charge is 2.24. The molecule has 0 radical (unpaired) electrons. The first-order valence-electron chi connectivity index (χ1n) is 7.86. The number of hydrogen-bond acceptors (Lipinski definition) is 4. The van der Waals surface area contributed by atoms with E-state index in [4.69, 9.17) is 4.74 Å². The minimum Gasteiger partial charge on any atom is -0.482 e. The van der Waals surface area contributed by atoms with Crippen molar-refractivity contribution in [1.82, 2.24) is 4.90 Å². The lowest BCUT2D eigenvalue weighted by Gasteiger charge is -2.24. The summed E-state index contributed by atoms with van der Waals surface area (Å²) in [7, 11) is 3.80. The largest absolute Gasteiger partial charge is 0.482 e. The number of ketones is 1. The van der Waals surface area contributed by atoms with Gasteiger partial charge in [0.1, 0.15) is 5.75 Å². The minimum atomic E-state index is -0.273. The summed E-state index contributed by atoms with van der Waals surface area (Å²) in [5, 5.41) is 2.74. The smallest absolute Gasteiger partial charge is 0.262 e. The highest BCUT2D eigenvalue weighted by molar-refractivity contribution is 6.03. The molecule has 2 aromatic carbocycles. The first-order valence-corrected chi connectivity index (χ1v) is 7.86. The average molecular weight is 324 g/mol. The lowest BCUT2D eigenvalue weighted by Crippen LogP contribution is -2.38. The number of nitrogens with zero attached hydrogens (tertiary/aromatic N) is 1. The zero-order valence-corrected chi connectivity index (χ0v) is 13.8. The Hall–Kier alpha value is -2.66. The second kappa shape index (κ2) is 6.84. The number of fused-ring (bicyclic) bond motifs is 1. The zero-order valence-electron chi connectivity index (χ0n) is 13.8. The monoisotopic (exact) mass is 324 g/mol. The molecule has 0 saturated carbocycles. The van der Waals surface area contributed by atoms with E-state index >= 15 is 0 Å². The van der Waals surface area contributed by atoms with Crippen LogP contribution in [0.15, 0.2) is 48.5 Å². The topological polar surface area (TPSA) is 58.6 Å². The van der Waals surface area contributed by atoms with E-state index in [1.807, 2.05) is 49.3 Å². The van der Waals surface area contributed by atoms with Gasteiger partial charge in [-0.15, -0.1) is 0 Å². The number of Topliss-reactive ketones (excluding diaryl/α,β-unsaturated/α-hetero) is 1. The van der Waals surface area contributed by atoms with Gasteiger partial charge in [-0.1, -0.05) is 30.3 Å². The number of hydrogen-bond donors (Lipinski definition) is 1. The van der Waals surface area contributed by atoms with Crippen LogP contribution in [0.1, 0.15) is 15.9 Å². The summed E-state index contributed by atoms with van der Waals surface area (Å²) in [6, 6.07) is 14.8. The maximum Gasteiger partial charge on any atom is 0.262 e. The molecule has 0 spiro atoms. The van der Waals surface area contributed by atoms with Gasteiger partial charge in [0, 0.05) is 5.56 Å². The molecule has 0 aliphatic carbocycles. The van der Waals surface area contributed by atoms with E-state index in [1.54, 1.807) is 18.2 Å². The number of likely N-dealkylation sites (N-methyl/N-ethyl adjacent to an activating group) is 1. The number of benzene rings is 2. The molecule has 0 aromatic heterocycles. The molecule has 124 valence electrons. The van der Waals surface area contributed by atoms with Gasteiger partial charge < -0.3 is 10.1 Å². The minimum absolute atomic E-state index is 0.00855. The first-order chi connectivity index (χ1) is 11.5. The van der Waals surface area contributed by atoms with E-state index < -0.39 is 0 Å². The number of amides is 1. The highest BCUT2D eigenvalue weighted by atomic mass is 16.5. The molecule has 1 atom stereocenters. The Kier molecular flexibility index (Phi) is 4.62. The van der Waals surface area contributed by atoms with Crippen molar-refractivity contribution in [2.24, 2.45) is 0 Å². The molecule has 1 aliphatic rings. The number of ether oxygens (including phenoxy) is 1. The fraction of sp³-hybridized carbons (Fsp3) is 0.263. The molecule has 1 N–H and O–H groups in total. The van der Waals surface area contributed by atoms with Crippen molar-refractivity contribution in [1.29, 1.82) is 0 Å². The Morgan fingerprint density at radius 2 is 1.96 bits per heavy atom. The summed E-state index contributed by atoms with van der Waals surface area (Å²) in [6.07, 6.45) is 0.632. The quantitative estimate of drug-likeness (QED) is 0.858. The lowest BCUT2D eigenvalue weighted by molar-refractivity contribution is -0.118. The van der Waals surface area contributed by atoms with Crippen LogP contribution in [0.3, 0.4) is 0 Å². The molecule has 5 nitrogen and oxygen atoms in total. The molecule has 0 saturated heterocycles. The van der Waals surface area contributed by atoms with Crippen molar-refractivity contribution in [3.8, 4) is 5.75 Å². The summed E-state index contributed by atoms with van der Waals surface area (Å²) in [6.45, 7) is 0.00855. The summed E-state index contributed by atoms with van der Waals surface area (Å²) in [4.78, 5) is 26.3. The fourth-order valence-corrected chi connectivity index (χ4v) is 2.78. The Labute approximate surface area is 141 Å². The van der Waals surface area contributed by atoms with Gasteiger partial charge in [-0.3, -0.25) is 14.5 Å². The third kappa shape index (κ3) is 3.46. The van der Waals surface area contributed by atoms with Crippen LogP contribution in [-0.2, 0) is 11.2 Å². The van der Waals surface area contributed by atoms with Crippen molar-refractivity contribution < 1.29 is 14.3 Å². The Balaban J connectivity index is 1.85. The maximum absolute atomic E-state index is 13.0. The van der Waals surface area contributed by atoms with E-state index in [2.05, 4.69) is 5.32 Å². The molecule has 3 rings (SSSR count). The van der Waals surface area contributed by atoms with Gasteiger partial charge in [-0.05, 0) is 44.3 Å². The van der Waals surface area contributed by atoms with E-state index in [0.717, 1.165) is 5.56 Å². The van der Waals surface area contributed by atoms with Gasteiger partial charge in [0.15, 0.2) is 12.4 Å². The molecular weight excluding hydrogens is 304 g/mol. The van der Waals surface area contributed by atoms with Crippen LogP contribution in [-0.4, -0.2) is 43.3 Å². The number of nitrogens with one attached hydrogen (secondary N) is 1. The number of carbonyl (C=O) groups excluding carboxylic acids is 2. The highest BCUT2D eigenvalue weighted by Crippen LogP contribution is 2.29. The standard InChI is InChI=1S/C19H20N2O3/c1-21(2)16(10-13-6-4-3-5-7-13)19(23)14-8-9-17-15(11-14)20-18(22)12-24-17/h3-9,11,16H,10,12H2,1-2H3,(H,20,22)/t16-/m1/s1. The third-order valence-electron chi connectivity index (χ3n) is 4.09. The van der Waals surface area contributed by atoms with Crippen LogP contribution in [0.5, 0.6) is 5.75 Å². The number of anilines is 1.